The standard InChI is InChI=1S/C14H16N4O/c19-13-6-2-1-5-12(13)14(17-10-7-15-11-17)16-18-8-3-4-9-18/h1-2,5-7,10-11,19H,3-4,8-9H2. The summed E-state index contributed by atoms with van der Waals surface area (Å²) in [4.78, 5) is 4.05. The minimum absolute atomic E-state index is 0.231. The number of hydrogen-bond donors (Lipinski definition) is 1. The Morgan fingerprint density at radius 2 is 2.00 bits per heavy atom. The molecule has 0 aliphatic carbocycles. The number of hydrazone groups is 1. The summed E-state index contributed by atoms with van der Waals surface area (Å²) in [6.45, 7) is 1.93. The summed E-state index contributed by atoms with van der Waals surface area (Å²) in [5, 5.41) is 16.7. The molecule has 0 spiro atoms. The van der Waals surface area contributed by atoms with Crippen LogP contribution in [0.5, 0.6) is 5.75 Å². The van der Waals surface area contributed by atoms with Crippen molar-refractivity contribution < 1.29 is 5.11 Å². The molecule has 1 fully saturated rings. The van der Waals surface area contributed by atoms with Crippen LogP contribution in [0.15, 0.2) is 48.1 Å². The summed E-state index contributed by atoms with van der Waals surface area (Å²) in [6.07, 6.45) is 7.57. The van der Waals surface area contributed by atoms with E-state index >= 15 is 0 Å². The lowest BCUT2D eigenvalue weighted by Gasteiger charge is -2.15. The monoisotopic (exact) mass is 256 g/mol. The van der Waals surface area contributed by atoms with E-state index in [2.05, 4.69) is 10.1 Å². The number of nitrogens with zero attached hydrogens (tertiary/aromatic N) is 4. The highest BCUT2D eigenvalue weighted by Crippen LogP contribution is 2.19. The van der Waals surface area contributed by atoms with Gasteiger partial charge in [0.2, 0.25) is 0 Å². The van der Waals surface area contributed by atoms with Crippen LogP contribution in [-0.2, 0) is 0 Å². The number of para-hydroxylation sites is 1. The van der Waals surface area contributed by atoms with E-state index in [0.717, 1.165) is 13.1 Å². The van der Waals surface area contributed by atoms with Gasteiger partial charge in [-0.25, -0.2) is 4.98 Å². The van der Waals surface area contributed by atoms with Gasteiger partial charge in [-0.2, -0.15) is 5.10 Å². The molecule has 0 amide bonds. The maximum atomic E-state index is 10.0. The molecule has 5 heteroatoms. The van der Waals surface area contributed by atoms with Crippen LogP contribution in [0, 0.1) is 0 Å². The fourth-order valence-corrected chi connectivity index (χ4v) is 2.23. The predicted octanol–water partition coefficient (Wildman–Crippen LogP) is 1.89. The maximum Gasteiger partial charge on any atom is 0.169 e. The molecule has 98 valence electrons. The van der Waals surface area contributed by atoms with Crippen molar-refractivity contribution in [3.05, 3.63) is 48.5 Å². The summed E-state index contributed by atoms with van der Waals surface area (Å²) in [5.41, 5.74) is 0.715. The smallest absolute Gasteiger partial charge is 0.169 e. The first-order valence-electron chi connectivity index (χ1n) is 6.45. The van der Waals surface area contributed by atoms with Gasteiger partial charge in [-0.05, 0) is 25.0 Å². The van der Waals surface area contributed by atoms with E-state index in [1.54, 1.807) is 24.7 Å². The van der Waals surface area contributed by atoms with Gasteiger partial charge in [-0.1, -0.05) is 12.1 Å². The highest BCUT2D eigenvalue weighted by atomic mass is 16.3. The van der Waals surface area contributed by atoms with Crippen molar-refractivity contribution in [2.45, 2.75) is 12.8 Å². The third-order valence-electron chi connectivity index (χ3n) is 3.21. The van der Waals surface area contributed by atoms with Gasteiger partial charge in [-0.3, -0.25) is 9.58 Å². The Kier molecular flexibility index (Phi) is 3.18. The topological polar surface area (TPSA) is 53.7 Å². The number of aromatic hydroxyl groups is 1. The zero-order valence-corrected chi connectivity index (χ0v) is 10.6. The van der Waals surface area contributed by atoms with Crippen LogP contribution in [0.3, 0.4) is 0 Å². The number of hydrogen-bond acceptors (Lipinski definition) is 4. The van der Waals surface area contributed by atoms with Crippen LogP contribution in [-0.4, -0.2) is 38.6 Å². The van der Waals surface area contributed by atoms with Gasteiger partial charge in [0.05, 0.1) is 5.56 Å². The second-order valence-corrected chi connectivity index (χ2v) is 4.57. The molecular weight excluding hydrogens is 240 g/mol. The lowest BCUT2D eigenvalue weighted by atomic mass is 10.2. The van der Waals surface area contributed by atoms with Crippen LogP contribution in [0.4, 0.5) is 0 Å². The maximum absolute atomic E-state index is 10.0. The molecule has 0 saturated carbocycles. The van der Waals surface area contributed by atoms with E-state index in [-0.39, 0.29) is 5.75 Å². The zero-order valence-electron chi connectivity index (χ0n) is 10.6. The highest BCUT2D eigenvalue weighted by molar-refractivity contribution is 6.02. The Balaban J connectivity index is 2.04. The summed E-state index contributed by atoms with van der Waals surface area (Å²) in [6, 6.07) is 7.24. The van der Waals surface area contributed by atoms with E-state index in [4.69, 9.17) is 0 Å². The molecule has 3 rings (SSSR count). The number of rotatable bonds is 2. The Bertz CT molecular complexity index is 571. The van der Waals surface area contributed by atoms with Crippen molar-refractivity contribution >= 4 is 5.84 Å². The van der Waals surface area contributed by atoms with Crippen LogP contribution in [0.2, 0.25) is 0 Å². The van der Waals surface area contributed by atoms with Gasteiger partial charge in [0.1, 0.15) is 12.1 Å². The first kappa shape index (κ1) is 11.8. The predicted molar refractivity (Wildman–Crippen MR) is 73.1 cm³/mol. The Labute approximate surface area is 111 Å². The SMILES string of the molecule is Oc1ccccc1C(=NN1CCCC1)n1ccnc1. The molecule has 2 heterocycles. The molecule has 1 aromatic carbocycles. The van der Waals surface area contributed by atoms with E-state index < -0.39 is 0 Å². The third-order valence-corrected chi connectivity index (χ3v) is 3.21. The van der Waals surface area contributed by atoms with Gasteiger partial charge in [0.15, 0.2) is 5.84 Å². The van der Waals surface area contributed by atoms with Crippen LogP contribution >= 0.6 is 0 Å². The molecule has 19 heavy (non-hydrogen) atoms. The quantitative estimate of drug-likeness (QED) is 0.659. The van der Waals surface area contributed by atoms with Crippen molar-refractivity contribution in [2.75, 3.05) is 13.1 Å². The van der Waals surface area contributed by atoms with E-state index in [0.29, 0.717) is 11.4 Å². The summed E-state index contributed by atoms with van der Waals surface area (Å²) < 4.78 is 1.83. The van der Waals surface area contributed by atoms with Crippen molar-refractivity contribution in [2.24, 2.45) is 5.10 Å². The van der Waals surface area contributed by atoms with Crippen molar-refractivity contribution in [1.29, 1.82) is 0 Å². The summed E-state index contributed by atoms with van der Waals surface area (Å²) in [7, 11) is 0. The third kappa shape index (κ3) is 2.45. The first-order chi connectivity index (χ1) is 9.34. The number of imidazole rings is 1. The molecule has 2 aromatic rings. The van der Waals surface area contributed by atoms with Gasteiger partial charge in [0, 0.05) is 25.5 Å². The average Bonchev–Trinajstić information content (AvgIpc) is 3.10. The van der Waals surface area contributed by atoms with Gasteiger partial charge in [-0.15, -0.1) is 0 Å². The number of benzene rings is 1. The molecule has 1 N–H and O–H groups in total. The van der Waals surface area contributed by atoms with Gasteiger partial charge < -0.3 is 5.11 Å². The lowest BCUT2D eigenvalue weighted by molar-refractivity contribution is 0.358. The number of phenols is 1. The first-order valence-corrected chi connectivity index (χ1v) is 6.45. The second kappa shape index (κ2) is 5.14. The largest absolute Gasteiger partial charge is 0.507 e. The molecule has 5 nitrogen and oxygen atoms in total. The highest BCUT2D eigenvalue weighted by Gasteiger charge is 2.15. The van der Waals surface area contributed by atoms with E-state index in [1.165, 1.54) is 12.8 Å². The van der Waals surface area contributed by atoms with E-state index in [9.17, 15) is 5.11 Å². The van der Waals surface area contributed by atoms with Crippen molar-refractivity contribution in [3.63, 3.8) is 0 Å². The Morgan fingerprint density at radius 1 is 1.21 bits per heavy atom. The Morgan fingerprint density at radius 3 is 2.68 bits per heavy atom. The molecule has 1 saturated heterocycles. The molecule has 1 aliphatic heterocycles. The van der Waals surface area contributed by atoms with Crippen LogP contribution in [0.1, 0.15) is 18.4 Å². The Hall–Kier alpha value is -2.30. The summed E-state index contributed by atoms with van der Waals surface area (Å²) >= 11 is 0. The number of phenolic OH excluding ortho intramolecular Hbond substituents is 1. The molecular formula is C14H16N4O. The fraction of sp³-hybridized carbons (Fsp3) is 0.286. The summed E-state index contributed by atoms with van der Waals surface area (Å²) in [5.74, 6) is 0.937. The minimum Gasteiger partial charge on any atom is -0.507 e. The lowest BCUT2D eigenvalue weighted by Crippen LogP contribution is -2.20. The minimum atomic E-state index is 0.231. The normalized spacial score (nSPS) is 16.0. The van der Waals surface area contributed by atoms with Crippen LogP contribution < -0.4 is 0 Å². The zero-order chi connectivity index (χ0) is 13.1. The van der Waals surface area contributed by atoms with Crippen molar-refractivity contribution in [3.8, 4) is 5.75 Å². The number of aromatic nitrogens is 2. The van der Waals surface area contributed by atoms with E-state index in [1.807, 2.05) is 27.9 Å². The fourth-order valence-electron chi connectivity index (χ4n) is 2.23. The van der Waals surface area contributed by atoms with Crippen LogP contribution in [0.25, 0.3) is 0 Å². The van der Waals surface area contributed by atoms with Gasteiger partial charge >= 0.3 is 0 Å². The second-order valence-electron chi connectivity index (χ2n) is 4.57. The molecule has 0 unspecified atom stereocenters. The molecule has 0 bridgehead atoms. The molecule has 1 aliphatic rings. The van der Waals surface area contributed by atoms with Crippen molar-refractivity contribution in [1.82, 2.24) is 14.6 Å². The average molecular weight is 256 g/mol. The molecule has 0 radical (unpaired) electrons. The molecule has 0 atom stereocenters. The molecule has 1 aromatic heterocycles. The van der Waals surface area contributed by atoms with Gasteiger partial charge in [0.25, 0.3) is 0 Å².